The van der Waals surface area contributed by atoms with Crippen molar-refractivity contribution in [3.05, 3.63) is 71.2 Å². The van der Waals surface area contributed by atoms with Crippen LogP contribution in [0.1, 0.15) is 11.6 Å². The lowest BCUT2D eigenvalue weighted by atomic mass is 10.1. The van der Waals surface area contributed by atoms with Crippen molar-refractivity contribution in [2.24, 2.45) is 0 Å². The first-order chi connectivity index (χ1) is 11.7. The molecule has 0 aliphatic rings. The summed E-state index contributed by atoms with van der Waals surface area (Å²) >= 11 is 1.57. The van der Waals surface area contributed by atoms with E-state index in [-0.39, 0.29) is 12.6 Å². The van der Waals surface area contributed by atoms with Gasteiger partial charge in [0.1, 0.15) is 0 Å². The first kappa shape index (κ1) is 15.9. The Morgan fingerprint density at radius 2 is 1.96 bits per heavy atom. The van der Waals surface area contributed by atoms with Crippen LogP contribution in [-0.2, 0) is 9.59 Å². The molecular weight excluding hydrogens is 324 g/mol. The van der Waals surface area contributed by atoms with Crippen molar-refractivity contribution in [3.8, 4) is 0 Å². The number of aromatic nitrogens is 2. The molecule has 0 unspecified atom stereocenters. The largest absolute Gasteiger partial charge is 0.345 e. The maximum absolute atomic E-state index is 12.0. The Morgan fingerprint density at radius 1 is 1.12 bits per heavy atom. The van der Waals surface area contributed by atoms with Gasteiger partial charge in [-0.25, -0.2) is 0 Å². The van der Waals surface area contributed by atoms with Gasteiger partial charge in [-0.3, -0.25) is 14.3 Å². The normalized spacial score (nSPS) is 11.7. The number of hydrogen-bond acceptors (Lipinski definition) is 4. The number of para-hydroxylation sites is 1. The van der Waals surface area contributed by atoms with E-state index in [0.717, 1.165) is 5.56 Å². The van der Waals surface area contributed by atoms with Gasteiger partial charge in [0.15, 0.2) is 0 Å². The molecule has 1 atom stereocenters. The van der Waals surface area contributed by atoms with Crippen molar-refractivity contribution in [1.82, 2.24) is 15.1 Å². The van der Waals surface area contributed by atoms with Crippen LogP contribution in [0.4, 0.5) is 5.69 Å². The van der Waals surface area contributed by atoms with Crippen molar-refractivity contribution < 1.29 is 9.59 Å². The Bertz CT molecular complexity index is 751. The Morgan fingerprint density at radius 3 is 2.62 bits per heavy atom. The molecule has 0 saturated carbocycles. The number of carbonyl (C=O) groups is 2. The maximum atomic E-state index is 12.0. The van der Waals surface area contributed by atoms with E-state index in [2.05, 4.69) is 15.7 Å². The van der Waals surface area contributed by atoms with Crippen molar-refractivity contribution in [1.29, 1.82) is 0 Å². The third kappa shape index (κ3) is 3.88. The number of thiophene rings is 1. The van der Waals surface area contributed by atoms with Crippen molar-refractivity contribution in [3.63, 3.8) is 0 Å². The Hall–Kier alpha value is -2.93. The number of hydrogen-bond donors (Lipinski definition) is 2. The zero-order valence-corrected chi connectivity index (χ0v) is 13.6. The van der Waals surface area contributed by atoms with Gasteiger partial charge in [0.25, 0.3) is 0 Å². The molecule has 0 bridgehead atoms. The number of carbonyl (C=O) groups excluding carboxylic acids is 2. The predicted octanol–water partition coefficient (Wildman–Crippen LogP) is 2.29. The van der Waals surface area contributed by atoms with E-state index < -0.39 is 11.8 Å². The summed E-state index contributed by atoms with van der Waals surface area (Å²) in [4.78, 5) is 24.0. The molecule has 2 heterocycles. The molecule has 0 spiro atoms. The number of nitrogens with zero attached hydrogens (tertiary/aromatic N) is 2. The smallest absolute Gasteiger partial charge is 0.313 e. The summed E-state index contributed by atoms with van der Waals surface area (Å²) in [6, 6.07) is 12.5. The molecule has 0 aliphatic carbocycles. The Balaban J connectivity index is 1.62. The van der Waals surface area contributed by atoms with E-state index >= 15 is 0 Å². The standard InChI is InChI=1S/C17H16N4O2S/c22-16(17(23)20-14-5-2-1-3-6-14)18-11-15(13-7-10-24-12-13)21-9-4-8-19-21/h1-10,12,15H,11H2,(H,18,22)(H,20,23)/t15-/m0/s1. The highest BCUT2D eigenvalue weighted by Gasteiger charge is 2.19. The average molecular weight is 340 g/mol. The first-order valence-corrected chi connectivity index (χ1v) is 8.34. The van der Waals surface area contributed by atoms with Gasteiger partial charge in [-0.15, -0.1) is 0 Å². The summed E-state index contributed by atoms with van der Waals surface area (Å²) in [6.07, 6.45) is 3.52. The van der Waals surface area contributed by atoms with Gasteiger partial charge in [0, 0.05) is 24.6 Å². The summed E-state index contributed by atoms with van der Waals surface area (Å²) in [7, 11) is 0. The van der Waals surface area contributed by atoms with Crippen LogP contribution in [0.5, 0.6) is 0 Å². The van der Waals surface area contributed by atoms with Crippen LogP contribution in [0, 0.1) is 0 Å². The molecule has 6 nitrogen and oxygen atoms in total. The van der Waals surface area contributed by atoms with E-state index in [0.29, 0.717) is 5.69 Å². The van der Waals surface area contributed by atoms with Crippen LogP contribution in [0.3, 0.4) is 0 Å². The third-order valence-corrected chi connectivity index (χ3v) is 4.17. The average Bonchev–Trinajstić information content (AvgIpc) is 3.30. The quantitative estimate of drug-likeness (QED) is 0.700. The third-order valence-electron chi connectivity index (χ3n) is 3.47. The molecule has 3 aromatic rings. The molecule has 24 heavy (non-hydrogen) atoms. The topological polar surface area (TPSA) is 76.0 Å². The van der Waals surface area contributed by atoms with Crippen molar-refractivity contribution >= 4 is 28.8 Å². The number of anilines is 1. The molecule has 2 aromatic heterocycles. The lowest BCUT2D eigenvalue weighted by Crippen LogP contribution is -2.38. The van der Waals surface area contributed by atoms with Crippen LogP contribution < -0.4 is 10.6 Å². The van der Waals surface area contributed by atoms with E-state index in [9.17, 15) is 9.59 Å². The molecule has 3 rings (SSSR count). The highest BCUT2D eigenvalue weighted by atomic mass is 32.1. The van der Waals surface area contributed by atoms with E-state index in [1.54, 1.807) is 46.5 Å². The minimum atomic E-state index is -0.689. The van der Waals surface area contributed by atoms with Crippen LogP contribution in [0.15, 0.2) is 65.6 Å². The Kier molecular flexibility index (Phi) is 5.02. The fourth-order valence-corrected chi connectivity index (χ4v) is 2.98. The molecule has 0 aliphatic heterocycles. The molecule has 0 radical (unpaired) electrons. The van der Waals surface area contributed by atoms with E-state index in [1.165, 1.54) is 0 Å². The van der Waals surface area contributed by atoms with Crippen LogP contribution in [0.2, 0.25) is 0 Å². The lowest BCUT2D eigenvalue weighted by Gasteiger charge is -2.17. The lowest BCUT2D eigenvalue weighted by molar-refractivity contribution is -0.136. The van der Waals surface area contributed by atoms with Crippen LogP contribution in [-0.4, -0.2) is 28.1 Å². The number of benzene rings is 1. The summed E-state index contributed by atoms with van der Waals surface area (Å²) in [5.41, 5.74) is 1.62. The molecule has 2 N–H and O–H groups in total. The molecule has 122 valence electrons. The number of amides is 2. The fourth-order valence-electron chi connectivity index (χ4n) is 2.27. The van der Waals surface area contributed by atoms with Gasteiger partial charge in [0.05, 0.1) is 6.04 Å². The summed E-state index contributed by atoms with van der Waals surface area (Å²) in [5, 5.41) is 13.4. The van der Waals surface area contributed by atoms with E-state index in [1.807, 2.05) is 35.2 Å². The van der Waals surface area contributed by atoms with Crippen molar-refractivity contribution in [2.45, 2.75) is 6.04 Å². The monoisotopic (exact) mass is 340 g/mol. The van der Waals surface area contributed by atoms with Gasteiger partial charge in [-0.2, -0.15) is 16.4 Å². The zero-order valence-electron chi connectivity index (χ0n) is 12.8. The molecule has 0 saturated heterocycles. The Labute approximate surface area is 143 Å². The predicted molar refractivity (Wildman–Crippen MR) is 92.8 cm³/mol. The molecule has 1 aromatic carbocycles. The van der Waals surface area contributed by atoms with Gasteiger partial charge >= 0.3 is 11.8 Å². The second-order valence-corrected chi connectivity index (χ2v) is 5.87. The summed E-state index contributed by atoms with van der Waals surface area (Å²) in [5.74, 6) is -1.36. The first-order valence-electron chi connectivity index (χ1n) is 7.39. The highest BCUT2D eigenvalue weighted by Crippen LogP contribution is 2.19. The zero-order chi connectivity index (χ0) is 16.8. The second-order valence-electron chi connectivity index (χ2n) is 5.09. The van der Waals surface area contributed by atoms with Crippen LogP contribution in [0.25, 0.3) is 0 Å². The summed E-state index contributed by atoms with van der Waals surface area (Å²) < 4.78 is 1.76. The molecule has 7 heteroatoms. The van der Waals surface area contributed by atoms with Gasteiger partial charge in [-0.05, 0) is 40.6 Å². The second kappa shape index (κ2) is 7.56. The van der Waals surface area contributed by atoms with Gasteiger partial charge < -0.3 is 10.6 Å². The minimum Gasteiger partial charge on any atom is -0.345 e. The molecule has 0 fully saturated rings. The maximum Gasteiger partial charge on any atom is 0.313 e. The number of rotatable bonds is 5. The van der Waals surface area contributed by atoms with Gasteiger partial charge in [-0.1, -0.05) is 18.2 Å². The minimum absolute atomic E-state index is 0.153. The SMILES string of the molecule is O=C(NC[C@@H](c1ccsc1)n1cccn1)C(=O)Nc1ccccc1. The van der Waals surface area contributed by atoms with Crippen LogP contribution >= 0.6 is 11.3 Å². The van der Waals surface area contributed by atoms with E-state index in [4.69, 9.17) is 0 Å². The van der Waals surface area contributed by atoms with Crippen molar-refractivity contribution in [2.75, 3.05) is 11.9 Å². The molecule has 2 amide bonds. The summed E-state index contributed by atoms with van der Waals surface area (Å²) in [6.45, 7) is 0.277. The fraction of sp³-hybridized carbons (Fsp3) is 0.118. The number of nitrogens with one attached hydrogen (secondary N) is 2. The molecular formula is C17H16N4O2S. The highest BCUT2D eigenvalue weighted by molar-refractivity contribution is 7.08. The van der Waals surface area contributed by atoms with Gasteiger partial charge in [0.2, 0.25) is 0 Å².